The smallest absolute Gasteiger partial charge is 0.227 e. The van der Waals surface area contributed by atoms with Gasteiger partial charge in [-0.25, -0.2) is 0 Å². The largest absolute Gasteiger partial charge is 0.353 e. The van der Waals surface area contributed by atoms with E-state index < -0.39 is 0 Å². The normalized spacial score (nSPS) is 10.1. The van der Waals surface area contributed by atoms with Crippen molar-refractivity contribution >= 4 is 37.2 Å². The molecule has 0 bridgehead atoms. The van der Waals surface area contributed by atoms with Gasteiger partial charge in [-0.15, -0.1) is 0 Å². The Balaban J connectivity index is 2.66. The molecular formula is C8H15N5S2. The van der Waals surface area contributed by atoms with Gasteiger partial charge in [0.15, 0.2) is 0 Å². The van der Waals surface area contributed by atoms with Crippen LogP contribution in [0.1, 0.15) is 5.82 Å². The summed E-state index contributed by atoms with van der Waals surface area (Å²) in [5, 5.41) is 6.11. The zero-order chi connectivity index (χ0) is 11.1. The van der Waals surface area contributed by atoms with Crippen molar-refractivity contribution in [2.45, 2.75) is 6.92 Å². The van der Waals surface area contributed by atoms with Gasteiger partial charge in [0, 0.05) is 24.6 Å². The van der Waals surface area contributed by atoms with Crippen molar-refractivity contribution in [2.75, 3.05) is 35.2 Å². The van der Waals surface area contributed by atoms with Crippen LogP contribution in [0.3, 0.4) is 0 Å². The molecular weight excluding hydrogens is 230 g/mol. The van der Waals surface area contributed by atoms with Gasteiger partial charge in [0.1, 0.15) is 5.82 Å². The third kappa shape index (κ3) is 4.57. The Kier molecular flexibility index (Phi) is 5.56. The molecule has 0 aliphatic rings. The molecule has 0 fully saturated rings. The summed E-state index contributed by atoms with van der Waals surface area (Å²) in [5.74, 6) is 3.33. The molecule has 15 heavy (non-hydrogen) atoms. The molecule has 2 N–H and O–H groups in total. The molecule has 0 radical (unpaired) electrons. The molecule has 0 spiro atoms. The molecule has 0 unspecified atom stereocenters. The van der Waals surface area contributed by atoms with Gasteiger partial charge in [-0.05, 0) is 6.92 Å². The zero-order valence-electron chi connectivity index (χ0n) is 8.56. The Labute approximate surface area is 100 Å². The molecule has 1 aromatic rings. The molecule has 1 rings (SSSR count). The Morgan fingerprint density at radius 2 is 1.40 bits per heavy atom. The topological polar surface area (TPSA) is 62.7 Å². The molecule has 0 amide bonds. The monoisotopic (exact) mass is 245 g/mol. The first kappa shape index (κ1) is 12.4. The van der Waals surface area contributed by atoms with Crippen molar-refractivity contribution in [3.8, 4) is 0 Å². The highest BCUT2D eigenvalue weighted by Crippen LogP contribution is 2.04. The minimum absolute atomic E-state index is 0.582. The van der Waals surface area contributed by atoms with Crippen LogP contribution in [0.5, 0.6) is 0 Å². The Morgan fingerprint density at radius 3 is 1.80 bits per heavy atom. The number of nitrogens with zero attached hydrogens (tertiary/aromatic N) is 3. The summed E-state index contributed by atoms with van der Waals surface area (Å²) >= 11 is 8.20. The van der Waals surface area contributed by atoms with Crippen molar-refractivity contribution < 1.29 is 0 Å². The molecule has 0 aromatic carbocycles. The van der Waals surface area contributed by atoms with Crippen LogP contribution < -0.4 is 10.6 Å². The summed E-state index contributed by atoms with van der Waals surface area (Å²) in [7, 11) is 0. The lowest BCUT2D eigenvalue weighted by molar-refractivity contribution is 0.954. The van der Waals surface area contributed by atoms with Crippen molar-refractivity contribution in [1.82, 2.24) is 15.0 Å². The number of thiol groups is 2. The van der Waals surface area contributed by atoms with E-state index in [0.29, 0.717) is 17.7 Å². The third-order valence-corrected chi connectivity index (χ3v) is 1.98. The number of aromatic nitrogens is 3. The number of nitrogens with one attached hydrogen (secondary N) is 2. The number of rotatable bonds is 6. The van der Waals surface area contributed by atoms with E-state index in [2.05, 4.69) is 50.8 Å². The van der Waals surface area contributed by atoms with Crippen LogP contribution in [0, 0.1) is 6.92 Å². The molecule has 0 aliphatic carbocycles. The van der Waals surface area contributed by atoms with Gasteiger partial charge in [0.25, 0.3) is 0 Å². The van der Waals surface area contributed by atoms with Crippen molar-refractivity contribution in [3.05, 3.63) is 5.82 Å². The fraction of sp³-hybridized carbons (Fsp3) is 0.625. The molecule has 84 valence electrons. The number of hydrogen-bond donors (Lipinski definition) is 4. The second-order valence-electron chi connectivity index (χ2n) is 2.83. The summed E-state index contributed by atoms with van der Waals surface area (Å²) in [4.78, 5) is 12.5. The second kappa shape index (κ2) is 6.73. The zero-order valence-corrected chi connectivity index (χ0v) is 10.4. The minimum atomic E-state index is 0.582. The van der Waals surface area contributed by atoms with E-state index in [1.54, 1.807) is 0 Å². The van der Waals surface area contributed by atoms with E-state index in [1.807, 2.05) is 6.92 Å². The maximum absolute atomic E-state index is 4.20. The molecule has 5 nitrogen and oxygen atoms in total. The average Bonchev–Trinajstić information content (AvgIpc) is 2.23. The van der Waals surface area contributed by atoms with E-state index in [1.165, 1.54) is 0 Å². The molecule has 0 saturated carbocycles. The highest BCUT2D eigenvalue weighted by molar-refractivity contribution is 7.80. The van der Waals surface area contributed by atoms with E-state index >= 15 is 0 Å². The van der Waals surface area contributed by atoms with Gasteiger partial charge in [-0.2, -0.15) is 40.2 Å². The van der Waals surface area contributed by atoms with E-state index in [9.17, 15) is 0 Å². The lowest BCUT2D eigenvalue weighted by Gasteiger charge is -2.07. The van der Waals surface area contributed by atoms with E-state index in [4.69, 9.17) is 0 Å². The summed E-state index contributed by atoms with van der Waals surface area (Å²) in [6.07, 6.45) is 0. The van der Waals surface area contributed by atoms with Gasteiger partial charge >= 0.3 is 0 Å². The summed E-state index contributed by atoms with van der Waals surface area (Å²) in [5.41, 5.74) is 0. The van der Waals surface area contributed by atoms with Crippen LogP contribution in [0.4, 0.5) is 11.9 Å². The van der Waals surface area contributed by atoms with Gasteiger partial charge in [-0.1, -0.05) is 0 Å². The SMILES string of the molecule is Cc1nc(NCCS)nc(NCCS)n1. The molecule has 0 aliphatic heterocycles. The van der Waals surface area contributed by atoms with Crippen LogP contribution in [0.25, 0.3) is 0 Å². The maximum Gasteiger partial charge on any atom is 0.227 e. The standard InChI is InChI=1S/C8H15N5S2/c1-6-11-7(9-2-4-14)13-8(12-6)10-3-5-15/h14-15H,2-5H2,1H3,(H2,9,10,11,12,13). The summed E-state index contributed by atoms with van der Waals surface area (Å²) in [6, 6.07) is 0. The lowest BCUT2D eigenvalue weighted by atomic mass is 10.6. The maximum atomic E-state index is 4.20. The first-order valence-electron chi connectivity index (χ1n) is 4.68. The fourth-order valence-electron chi connectivity index (χ4n) is 0.975. The fourth-order valence-corrected chi connectivity index (χ4v) is 1.20. The third-order valence-electron chi connectivity index (χ3n) is 1.54. The summed E-state index contributed by atoms with van der Waals surface area (Å²) in [6.45, 7) is 3.30. The van der Waals surface area contributed by atoms with Crippen LogP contribution >= 0.6 is 25.3 Å². The quantitative estimate of drug-likeness (QED) is 0.560. The predicted octanol–water partition coefficient (Wildman–Crippen LogP) is 0.863. The number of aryl methyl sites for hydroxylation is 1. The number of hydrogen-bond acceptors (Lipinski definition) is 7. The highest BCUT2D eigenvalue weighted by Gasteiger charge is 2.01. The van der Waals surface area contributed by atoms with Crippen molar-refractivity contribution in [3.63, 3.8) is 0 Å². The molecule has 0 atom stereocenters. The first-order valence-corrected chi connectivity index (χ1v) is 5.95. The number of anilines is 2. The minimum Gasteiger partial charge on any atom is -0.353 e. The highest BCUT2D eigenvalue weighted by atomic mass is 32.1. The molecule has 7 heteroatoms. The predicted molar refractivity (Wildman–Crippen MR) is 69.2 cm³/mol. The van der Waals surface area contributed by atoms with Crippen LogP contribution in [0.15, 0.2) is 0 Å². The first-order chi connectivity index (χ1) is 7.26. The Hall–Kier alpha value is -0.690. The van der Waals surface area contributed by atoms with Gasteiger partial charge < -0.3 is 10.6 Å². The Bertz CT molecular complexity index is 281. The van der Waals surface area contributed by atoms with Gasteiger partial charge in [0.05, 0.1) is 0 Å². The molecule has 1 heterocycles. The van der Waals surface area contributed by atoms with E-state index in [0.717, 1.165) is 24.6 Å². The summed E-state index contributed by atoms with van der Waals surface area (Å²) < 4.78 is 0. The van der Waals surface area contributed by atoms with E-state index in [-0.39, 0.29) is 0 Å². The lowest BCUT2D eigenvalue weighted by Crippen LogP contribution is -2.12. The van der Waals surface area contributed by atoms with Crippen LogP contribution in [-0.2, 0) is 0 Å². The van der Waals surface area contributed by atoms with Gasteiger partial charge in [0.2, 0.25) is 11.9 Å². The molecule has 0 saturated heterocycles. The molecule has 1 aromatic heterocycles. The van der Waals surface area contributed by atoms with Crippen molar-refractivity contribution in [1.29, 1.82) is 0 Å². The van der Waals surface area contributed by atoms with Crippen LogP contribution in [0.2, 0.25) is 0 Å². The average molecular weight is 245 g/mol. The van der Waals surface area contributed by atoms with Crippen molar-refractivity contribution in [2.24, 2.45) is 0 Å². The second-order valence-corrected chi connectivity index (χ2v) is 3.73. The van der Waals surface area contributed by atoms with Gasteiger partial charge in [-0.3, -0.25) is 0 Å². The van der Waals surface area contributed by atoms with Crippen LogP contribution in [-0.4, -0.2) is 39.5 Å². The Morgan fingerprint density at radius 1 is 0.933 bits per heavy atom.